The van der Waals surface area contributed by atoms with Gasteiger partial charge >= 0.3 is 0 Å². The number of nitrogens with zero attached hydrogens (tertiary/aromatic N) is 4. The number of rotatable bonds is 14. The van der Waals surface area contributed by atoms with E-state index in [-0.39, 0.29) is 13.1 Å². The average molecular weight is 807 g/mol. The second kappa shape index (κ2) is 17.0. The molecule has 18 heteroatoms. The first-order valence-electron chi connectivity index (χ1n) is 16.2. The normalized spacial score (nSPS) is 16.6. The van der Waals surface area contributed by atoms with Crippen LogP contribution in [-0.4, -0.2) is 114 Å². The van der Waals surface area contributed by atoms with Gasteiger partial charge in [-0.1, -0.05) is 0 Å². The van der Waals surface area contributed by atoms with E-state index in [1.807, 2.05) is 36.8 Å². The minimum atomic E-state index is -4.66. The van der Waals surface area contributed by atoms with Gasteiger partial charge in [0.05, 0.1) is 61.8 Å². The second-order valence-electron chi connectivity index (χ2n) is 12.0. The number of pyridine rings is 2. The van der Waals surface area contributed by atoms with Crippen LogP contribution in [0.3, 0.4) is 0 Å². The van der Waals surface area contributed by atoms with Gasteiger partial charge in [-0.2, -0.15) is 16.8 Å². The quantitative estimate of drug-likeness (QED) is 0.120. The van der Waals surface area contributed by atoms with E-state index in [0.717, 1.165) is 32.0 Å². The molecule has 14 nitrogen and oxygen atoms in total. The third-order valence-electron chi connectivity index (χ3n) is 8.89. The summed E-state index contributed by atoms with van der Waals surface area (Å²) in [7, 11) is -3.02. The van der Waals surface area contributed by atoms with Crippen molar-refractivity contribution in [2.24, 2.45) is 0 Å². The van der Waals surface area contributed by atoms with Gasteiger partial charge in [0.15, 0.2) is 0 Å². The Bertz CT molecular complexity index is 1920. The summed E-state index contributed by atoms with van der Waals surface area (Å²) < 4.78 is 92.7. The van der Waals surface area contributed by atoms with Crippen molar-refractivity contribution in [1.82, 2.24) is 9.97 Å². The van der Waals surface area contributed by atoms with Crippen molar-refractivity contribution in [3.63, 3.8) is 0 Å². The minimum Gasteiger partial charge on any atom is -0.495 e. The largest absolute Gasteiger partial charge is 0.495 e. The Morgan fingerprint density at radius 2 is 0.962 bits per heavy atom. The van der Waals surface area contributed by atoms with Crippen LogP contribution in [0.4, 0.5) is 11.6 Å². The maximum atomic E-state index is 12.5. The van der Waals surface area contributed by atoms with E-state index in [1.54, 1.807) is 74.9 Å². The molecular formula is C35H42N4O10S4. The summed E-state index contributed by atoms with van der Waals surface area (Å²) in [6.07, 6.45) is 7.50. The van der Waals surface area contributed by atoms with E-state index in [2.05, 4.69) is 9.97 Å². The van der Waals surface area contributed by atoms with E-state index in [9.17, 15) is 25.9 Å². The lowest BCUT2D eigenvalue weighted by atomic mass is 10.1. The van der Waals surface area contributed by atoms with Crippen LogP contribution in [-0.2, 0) is 20.2 Å². The molecule has 1 saturated heterocycles. The zero-order chi connectivity index (χ0) is 38.5. The molecule has 5 rings (SSSR count). The summed E-state index contributed by atoms with van der Waals surface area (Å²) in [5.74, 6) is 1.53. The molecular weight excluding hydrogens is 765 g/mol. The van der Waals surface area contributed by atoms with E-state index < -0.39 is 43.8 Å². The average Bonchev–Trinajstić information content (AvgIpc) is 3.30. The summed E-state index contributed by atoms with van der Waals surface area (Å²) in [4.78, 5) is 14.3. The van der Waals surface area contributed by atoms with Gasteiger partial charge in [-0.3, -0.25) is 9.11 Å². The Kier molecular flexibility index (Phi) is 12.9. The van der Waals surface area contributed by atoms with Crippen LogP contribution in [0.2, 0.25) is 0 Å². The van der Waals surface area contributed by atoms with Crippen LogP contribution < -0.4 is 28.7 Å². The van der Waals surface area contributed by atoms with Crippen molar-refractivity contribution in [3.8, 4) is 45.3 Å². The molecule has 2 atom stereocenters. The molecule has 1 aliphatic rings. The van der Waals surface area contributed by atoms with Crippen molar-refractivity contribution < 1.29 is 44.9 Å². The highest BCUT2D eigenvalue weighted by atomic mass is 32.2. The standard InChI is InChI=1S/C35H42N4O10S4/c1-46-28-14-24(15-29(47-2)34(28)50-5)22-8-10-32(36-18-22)38-12-7-13-39(27(21-53(43,44)45)26(38)20-52(40,41)42)33-11-9-23(19-37-33)25-16-30(48-3)35(51-6)31(17-25)49-4/h8-11,14-19,26-27H,7,12-13,20-21H2,1-6H3,(H,40,41,42)(H,43,44,45). The first kappa shape index (κ1) is 40.2. The number of benzene rings is 2. The monoisotopic (exact) mass is 806 g/mol. The minimum absolute atomic E-state index is 0.258. The molecule has 0 bridgehead atoms. The fourth-order valence-corrected chi connectivity index (χ4v) is 9.55. The highest BCUT2D eigenvalue weighted by molar-refractivity contribution is 7.99. The maximum absolute atomic E-state index is 12.5. The molecule has 0 radical (unpaired) electrons. The van der Waals surface area contributed by atoms with E-state index in [4.69, 9.17) is 18.9 Å². The fourth-order valence-electron chi connectivity index (χ4n) is 6.51. The third-order valence-corrected chi connectivity index (χ3v) is 12.0. The van der Waals surface area contributed by atoms with Crippen molar-refractivity contribution >= 4 is 55.4 Å². The zero-order valence-electron chi connectivity index (χ0n) is 30.0. The van der Waals surface area contributed by atoms with Crippen molar-refractivity contribution in [1.29, 1.82) is 0 Å². The molecule has 3 heterocycles. The Hall–Kier alpha value is -3.94. The molecule has 2 unspecified atom stereocenters. The Morgan fingerprint density at radius 3 is 1.21 bits per heavy atom. The van der Waals surface area contributed by atoms with Crippen LogP contribution in [0.25, 0.3) is 22.3 Å². The summed E-state index contributed by atoms with van der Waals surface area (Å²) in [6.45, 7) is 0.517. The summed E-state index contributed by atoms with van der Waals surface area (Å²) in [6, 6.07) is 12.1. The number of hydrogen-bond acceptors (Lipinski definition) is 14. The van der Waals surface area contributed by atoms with Crippen molar-refractivity contribution in [3.05, 3.63) is 60.9 Å². The number of hydrogen-bond donors (Lipinski definition) is 2. The lowest BCUT2D eigenvalue weighted by molar-refractivity contribution is 0.376. The van der Waals surface area contributed by atoms with Crippen LogP contribution in [0.15, 0.2) is 70.7 Å². The molecule has 1 fully saturated rings. The van der Waals surface area contributed by atoms with Gasteiger partial charge in [0, 0.05) is 36.6 Å². The van der Waals surface area contributed by atoms with Gasteiger partial charge in [0.2, 0.25) is 0 Å². The first-order valence-corrected chi connectivity index (χ1v) is 21.9. The van der Waals surface area contributed by atoms with Crippen LogP contribution in [0, 0.1) is 0 Å². The number of aromatic nitrogens is 2. The predicted octanol–water partition coefficient (Wildman–Crippen LogP) is 5.52. The smallest absolute Gasteiger partial charge is 0.266 e. The zero-order valence-corrected chi connectivity index (χ0v) is 33.3. The molecule has 2 aromatic heterocycles. The lowest BCUT2D eigenvalue weighted by Gasteiger charge is -2.39. The van der Waals surface area contributed by atoms with Gasteiger partial charge in [0.1, 0.15) is 34.6 Å². The van der Waals surface area contributed by atoms with Crippen molar-refractivity contribution in [2.75, 3.05) is 75.3 Å². The number of thioether (sulfide) groups is 2. The van der Waals surface area contributed by atoms with Crippen LogP contribution in [0.1, 0.15) is 6.42 Å². The lowest BCUT2D eigenvalue weighted by Crippen LogP contribution is -2.56. The Balaban J connectivity index is 1.54. The molecule has 0 aliphatic carbocycles. The van der Waals surface area contributed by atoms with Gasteiger partial charge in [-0.25, -0.2) is 9.97 Å². The molecule has 286 valence electrons. The first-order chi connectivity index (χ1) is 25.2. The SMILES string of the molecule is COc1cc(-c2ccc(N3CCCN(c4ccc(-c5cc(OC)c(SC)c(OC)c5)cn4)C(CS(=O)(=O)O)C3CS(=O)(=O)O)nc2)cc(OC)c1SC. The highest BCUT2D eigenvalue weighted by Gasteiger charge is 2.41. The molecule has 2 N–H and O–H groups in total. The Morgan fingerprint density at radius 1 is 0.623 bits per heavy atom. The van der Waals surface area contributed by atoms with Crippen molar-refractivity contribution in [2.45, 2.75) is 28.3 Å². The van der Waals surface area contributed by atoms with Crippen LogP contribution >= 0.6 is 23.5 Å². The third kappa shape index (κ3) is 9.42. The number of ether oxygens (including phenoxy) is 4. The molecule has 53 heavy (non-hydrogen) atoms. The van der Waals surface area contributed by atoms with Gasteiger partial charge in [0.25, 0.3) is 20.2 Å². The Labute approximate surface area is 318 Å². The molecule has 2 aromatic carbocycles. The topological polar surface area (TPSA) is 178 Å². The number of methoxy groups -OCH3 is 4. The summed E-state index contributed by atoms with van der Waals surface area (Å²) in [5, 5.41) is 0. The predicted molar refractivity (Wildman–Crippen MR) is 209 cm³/mol. The number of anilines is 2. The molecule has 0 saturated carbocycles. The maximum Gasteiger partial charge on any atom is 0.266 e. The molecule has 1 aliphatic heterocycles. The van der Waals surface area contributed by atoms with E-state index in [0.29, 0.717) is 41.1 Å². The van der Waals surface area contributed by atoms with E-state index >= 15 is 0 Å². The van der Waals surface area contributed by atoms with Gasteiger partial charge in [-0.15, -0.1) is 23.5 Å². The summed E-state index contributed by atoms with van der Waals surface area (Å²) in [5.41, 5.74) is 2.97. The highest BCUT2D eigenvalue weighted by Crippen LogP contribution is 2.42. The molecule has 0 spiro atoms. The molecule has 4 aromatic rings. The fraction of sp³-hybridized carbons (Fsp3) is 0.371. The van der Waals surface area contributed by atoms with Crippen LogP contribution in [0.5, 0.6) is 23.0 Å². The van der Waals surface area contributed by atoms with Gasteiger partial charge < -0.3 is 28.7 Å². The summed E-state index contributed by atoms with van der Waals surface area (Å²) >= 11 is 2.98. The van der Waals surface area contributed by atoms with Gasteiger partial charge in [-0.05, 0) is 78.6 Å². The van der Waals surface area contributed by atoms with E-state index in [1.165, 1.54) is 23.5 Å². The molecule has 0 amide bonds. The second-order valence-corrected chi connectivity index (χ2v) is 16.6.